The molecule has 1 saturated heterocycles. The van der Waals surface area contributed by atoms with Gasteiger partial charge >= 0.3 is 6.36 Å². The number of halogens is 3. The maximum absolute atomic E-state index is 12.8. The van der Waals surface area contributed by atoms with Gasteiger partial charge in [-0.3, -0.25) is 9.59 Å². The predicted molar refractivity (Wildman–Crippen MR) is 87.5 cm³/mol. The summed E-state index contributed by atoms with van der Waals surface area (Å²) in [7, 11) is 1.59. The van der Waals surface area contributed by atoms with Crippen LogP contribution in [0.4, 0.5) is 13.2 Å². The molecule has 0 bridgehead atoms. The Morgan fingerprint density at radius 1 is 1.19 bits per heavy atom. The molecule has 2 aliphatic rings. The van der Waals surface area contributed by atoms with Gasteiger partial charge in [0.1, 0.15) is 5.75 Å². The van der Waals surface area contributed by atoms with Crippen molar-refractivity contribution in [1.29, 1.82) is 0 Å². The number of nitrogens with zero attached hydrogens (tertiary/aromatic N) is 1. The van der Waals surface area contributed by atoms with Crippen LogP contribution >= 0.6 is 0 Å². The molecule has 1 aromatic carbocycles. The van der Waals surface area contributed by atoms with Crippen LogP contribution in [0.15, 0.2) is 24.3 Å². The lowest BCUT2D eigenvalue weighted by molar-refractivity contribution is -0.274. The van der Waals surface area contributed by atoms with Crippen LogP contribution in [0.5, 0.6) is 5.75 Å². The Balaban J connectivity index is 1.75. The molecule has 2 fully saturated rings. The van der Waals surface area contributed by atoms with Crippen LogP contribution in [0.2, 0.25) is 0 Å². The third-order valence-electron chi connectivity index (χ3n) is 5.43. The van der Waals surface area contributed by atoms with Gasteiger partial charge in [0.2, 0.25) is 5.91 Å². The van der Waals surface area contributed by atoms with Crippen molar-refractivity contribution >= 4 is 11.8 Å². The molecule has 8 heteroatoms. The van der Waals surface area contributed by atoms with Crippen molar-refractivity contribution in [1.82, 2.24) is 10.2 Å². The zero-order chi connectivity index (χ0) is 18.9. The first-order valence-electron chi connectivity index (χ1n) is 8.61. The minimum absolute atomic E-state index is 0.0591. The zero-order valence-electron chi connectivity index (χ0n) is 14.4. The SMILES string of the molecule is CNC(=O)[C@H]1CN(C(=O)c2ccc(OC(F)(F)F)cc2)CC12CCCC2. The second-order valence-corrected chi connectivity index (χ2v) is 6.99. The number of benzene rings is 1. The molecule has 2 amide bonds. The fourth-order valence-electron chi connectivity index (χ4n) is 4.23. The Morgan fingerprint density at radius 2 is 1.81 bits per heavy atom. The van der Waals surface area contributed by atoms with E-state index in [1.807, 2.05) is 0 Å². The van der Waals surface area contributed by atoms with Gasteiger partial charge in [-0.1, -0.05) is 12.8 Å². The van der Waals surface area contributed by atoms with E-state index < -0.39 is 6.36 Å². The summed E-state index contributed by atoms with van der Waals surface area (Å²) in [4.78, 5) is 26.7. The fraction of sp³-hybridized carbons (Fsp3) is 0.556. The lowest BCUT2D eigenvalue weighted by atomic mass is 9.76. The Bertz CT molecular complexity index is 682. The van der Waals surface area contributed by atoms with Crippen molar-refractivity contribution < 1.29 is 27.5 Å². The Morgan fingerprint density at radius 3 is 2.35 bits per heavy atom. The highest BCUT2D eigenvalue weighted by atomic mass is 19.4. The third-order valence-corrected chi connectivity index (χ3v) is 5.43. The highest BCUT2D eigenvalue weighted by Gasteiger charge is 2.52. The molecule has 1 aliphatic heterocycles. The summed E-state index contributed by atoms with van der Waals surface area (Å²) >= 11 is 0. The molecule has 1 N–H and O–H groups in total. The number of hydrogen-bond donors (Lipinski definition) is 1. The van der Waals surface area contributed by atoms with Gasteiger partial charge in [-0.2, -0.15) is 0 Å². The topological polar surface area (TPSA) is 58.6 Å². The first-order chi connectivity index (χ1) is 12.2. The molecule has 0 radical (unpaired) electrons. The van der Waals surface area contributed by atoms with E-state index in [9.17, 15) is 22.8 Å². The molecule has 1 aromatic rings. The minimum atomic E-state index is -4.77. The molecule has 0 aromatic heterocycles. The number of rotatable bonds is 3. The number of likely N-dealkylation sites (tertiary alicyclic amines) is 1. The van der Waals surface area contributed by atoms with E-state index in [1.165, 1.54) is 12.1 Å². The van der Waals surface area contributed by atoms with Gasteiger partial charge < -0.3 is 15.0 Å². The first-order valence-corrected chi connectivity index (χ1v) is 8.61. The Hall–Kier alpha value is -2.25. The van der Waals surface area contributed by atoms with Crippen molar-refractivity contribution in [3.05, 3.63) is 29.8 Å². The summed E-state index contributed by atoms with van der Waals surface area (Å²) in [5, 5.41) is 2.69. The number of amides is 2. The van der Waals surface area contributed by atoms with Crippen LogP contribution in [-0.4, -0.2) is 43.2 Å². The van der Waals surface area contributed by atoms with Crippen LogP contribution in [0, 0.1) is 11.3 Å². The minimum Gasteiger partial charge on any atom is -0.406 e. The van der Waals surface area contributed by atoms with Crippen molar-refractivity contribution in [2.24, 2.45) is 11.3 Å². The predicted octanol–water partition coefficient (Wildman–Crippen LogP) is 2.96. The normalized spacial score (nSPS) is 21.8. The van der Waals surface area contributed by atoms with E-state index in [1.54, 1.807) is 11.9 Å². The molecule has 142 valence electrons. The van der Waals surface area contributed by atoms with Crippen LogP contribution in [0.25, 0.3) is 0 Å². The van der Waals surface area contributed by atoms with Crippen LogP contribution in [0.3, 0.4) is 0 Å². The summed E-state index contributed by atoms with van der Waals surface area (Å²) in [5.41, 5.74) is 0.0972. The molecule has 1 spiro atoms. The molecule has 5 nitrogen and oxygen atoms in total. The molecule has 1 heterocycles. The second kappa shape index (κ2) is 6.81. The van der Waals surface area contributed by atoms with E-state index in [0.29, 0.717) is 13.1 Å². The smallest absolute Gasteiger partial charge is 0.406 e. The molecule has 3 rings (SSSR count). The first kappa shape index (κ1) is 18.5. The summed E-state index contributed by atoms with van der Waals surface area (Å²) < 4.78 is 40.5. The van der Waals surface area contributed by atoms with Gasteiger partial charge in [-0.15, -0.1) is 13.2 Å². The number of alkyl halides is 3. The highest BCUT2D eigenvalue weighted by Crippen LogP contribution is 2.49. The van der Waals surface area contributed by atoms with E-state index in [0.717, 1.165) is 37.8 Å². The molecular weight excluding hydrogens is 349 g/mol. The van der Waals surface area contributed by atoms with Gasteiger partial charge in [-0.25, -0.2) is 0 Å². The largest absolute Gasteiger partial charge is 0.573 e. The molecule has 26 heavy (non-hydrogen) atoms. The van der Waals surface area contributed by atoms with Gasteiger partial charge in [0.25, 0.3) is 5.91 Å². The lowest BCUT2D eigenvalue weighted by Gasteiger charge is -2.28. The van der Waals surface area contributed by atoms with E-state index in [-0.39, 0.29) is 34.5 Å². The lowest BCUT2D eigenvalue weighted by Crippen LogP contribution is -2.38. The Kier molecular flexibility index (Phi) is 4.86. The molecule has 1 atom stereocenters. The fourth-order valence-corrected chi connectivity index (χ4v) is 4.23. The van der Waals surface area contributed by atoms with Crippen molar-refractivity contribution in [2.75, 3.05) is 20.1 Å². The monoisotopic (exact) mass is 370 g/mol. The number of hydrogen-bond acceptors (Lipinski definition) is 3. The van der Waals surface area contributed by atoms with Crippen LogP contribution in [-0.2, 0) is 4.79 Å². The van der Waals surface area contributed by atoms with Gasteiger partial charge in [-0.05, 0) is 37.1 Å². The molecule has 1 aliphatic carbocycles. The number of carbonyl (C=O) groups excluding carboxylic acids is 2. The van der Waals surface area contributed by atoms with Gasteiger partial charge in [0, 0.05) is 31.1 Å². The van der Waals surface area contributed by atoms with Crippen LogP contribution in [0.1, 0.15) is 36.0 Å². The summed E-state index contributed by atoms with van der Waals surface area (Å²) in [5.74, 6) is -0.949. The summed E-state index contributed by atoms with van der Waals surface area (Å²) in [6.07, 6.45) is -0.867. The molecular formula is C18H21F3N2O3. The quantitative estimate of drug-likeness (QED) is 0.890. The van der Waals surface area contributed by atoms with Crippen LogP contribution < -0.4 is 10.1 Å². The van der Waals surface area contributed by atoms with Gasteiger partial charge in [0.15, 0.2) is 0 Å². The van der Waals surface area contributed by atoms with Crippen molar-refractivity contribution in [3.8, 4) is 5.75 Å². The third kappa shape index (κ3) is 3.64. The maximum atomic E-state index is 12.8. The average molecular weight is 370 g/mol. The zero-order valence-corrected chi connectivity index (χ0v) is 14.4. The maximum Gasteiger partial charge on any atom is 0.573 e. The standard InChI is InChI=1S/C18H21F3N2O3/c1-22-15(24)14-10-23(11-17(14)8-2-3-9-17)16(25)12-4-6-13(7-5-12)26-18(19,20)21/h4-7,14H,2-3,8-11H2,1H3,(H,22,24)/t14-/m1/s1. The number of ether oxygens (including phenoxy) is 1. The molecule has 1 saturated carbocycles. The van der Waals surface area contributed by atoms with Gasteiger partial charge in [0.05, 0.1) is 5.92 Å². The van der Waals surface area contributed by atoms with E-state index >= 15 is 0 Å². The summed E-state index contributed by atoms with van der Waals surface area (Å²) in [6, 6.07) is 4.88. The Labute approximate surface area is 149 Å². The number of carbonyl (C=O) groups is 2. The molecule has 0 unspecified atom stereocenters. The van der Waals surface area contributed by atoms with Crippen molar-refractivity contribution in [2.45, 2.75) is 32.0 Å². The number of nitrogens with one attached hydrogen (secondary N) is 1. The summed E-state index contributed by atoms with van der Waals surface area (Å²) in [6.45, 7) is 0.837. The highest BCUT2D eigenvalue weighted by molar-refractivity contribution is 5.95. The van der Waals surface area contributed by atoms with Crippen molar-refractivity contribution in [3.63, 3.8) is 0 Å². The average Bonchev–Trinajstić information content (AvgIpc) is 3.21. The van der Waals surface area contributed by atoms with E-state index in [4.69, 9.17) is 0 Å². The second-order valence-electron chi connectivity index (χ2n) is 6.99. The van der Waals surface area contributed by atoms with E-state index in [2.05, 4.69) is 10.1 Å².